The SMILES string of the molecule is CC(C)(O)c1c(F)ccc(S(C)(=O)=O)c1F. The average molecular weight is 250 g/mol. The first-order valence-electron chi connectivity index (χ1n) is 4.46. The molecule has 0 saturated carbocycles. The van der Waals surface area contributed by atoms with Crippen LogP contribution >= 0.6 is 0 Å². The topological polar surface area (TPSA) is 54.4 Å². The summed E-state index contributed by atoms with van der Waals surface area (Å²) < 4.78 is 49.5. The second kappa shape index (κ2) is 3.78. The van der Waals surface area contributed by atoms with E-state index in [0.717, 1.165) is 18.4 Å². The summed E-state index contributed by atoms with van der Waals surface area (Å²) in [6.07, 6.45) is 0.817. The lowest BCUT2D eigenvalue weighted by Gasteiger charge is -2.20. The minimum absolute atomic E-state index is 0.619. The van der Waals surface area contributed by atoms with Gasteiger partial charge in [-0.05, 0) is 26.0 Å². The molecule has 0 aliphatic rings. The van der Waals surface area contributed by atoms with Crippen molar-refractivity contribution in [3.63, 3.8) is 0 Å². The molecule has 0 fully saturated rings. The maximum Gasteiger partial charge on any atom is 0.178 e. The van der Waals surface area contributed by atoms with E-state index in [4.69, 9.17) is 0 Å². The third kappa shape index (κ3) is 2.38. The fraction of sp³-hybridized carbons (Fsp3) is 0.400. The Balaban J connectivity index is 3.65. The molecule has 3 nitrogen and oxygen atoms in total. The average Bonchev–Trinajstić information content (AvgIpc) is 1.97. The minimum atomic E-state index is -3.79. The van der Waals surface area contributed by atoms with Crippen molar-refractivity contribution in [3.8, 4) is 0 Å². The zero-order valence-electron chi connectivity index (χ0n) is 9.08. The van der Waals surface area contributed by atoms with Gasteiger partial charge in [0, 0.05) is 6.26 Å². The van der Waals surface area contributed by atoms with Crippen LogP contribution in [-0.2, 0) is 15.4 Å². The molecule has 0 spiro atoms. The van der Waals surface area contributed by atoms with Gasteiger partial charge in [0.1, 0.15) is 10.7 Å². The molecule has 0 atom stereocenters. The van der Waals surface area contributed by atoms with Crippen molar-refractivity contribution in [2.24, 2.45) is 0 Å². The molecular weight excluding hydrogens is 238 g/mol. The first kappa shape index (κ1) is 13.1. The van der Waals surface area contributed by atoms with Crippen molar-refractivity contribution in [2.45, 2.75) is 24.3 Å². The van der Waals surface area contributed by atoms with Gasteiger partial charge in [-0.2, -0.15) is 0 Å². The molecule has 0 bridgehead atoms. The second-order valence-corrected chi connectivity index (χ2v) is 6.05. The van der Waals surface area contributed by atoms with Crippen molar-refractivity contribution >= 4 is 9.84 Å². The van der Waals surface area contributed by atoms with Gasteiger partial charge >= 0.3 is 0 Å². The first-order chi connectivity index (χ1) is 7.05. The van der Waals surface area contributed by atoms with Crippen molar-refractivity contribution in [1.29, 1.82) is 0 Å². The molecule has 0 aromatic heterocycles. The van der Waals surface area contributed by atoms with Crippen molar-refractivity contribution in [2.75, 3.05) is 6.26 Å². The van der Waals surface area contributed by atoms with Gasteiger partial charge in [-0.3, -0.25) is 0 Å². The lowest BCUT2D eigenvalue weighted by molar-refractivity contribution is 0.0696. The van der Waals surface area contributed by atoms with Crippen molar-refractivity contribution in [1.82, 2.24) is 0 Å². The predicted octanol–water partition coefficient (Wildman–Crippen LogP) is 1.60. The van der Waals surface area contributed by atoms with E-state index in [2.05, 4.69) is 0 Å². The van der Waals surface area contributed by atoms with Gasteiger partial charge in [-0.1, -0.05) is 0 Å². The molecule has 1 rings (SSSR count). The highest BCUT2D eigenvalue weighted by molar-refractivity contribution is 7.90. The Morgan fingerprint density at radius 2 is 1.75 bits per heavy atom. The molecule has 6 heteroatoms. The van der Waals surface area contributed by atoms with E-state index in [1.54, 1.807) is 0 Å². The molecule has 1 N–H and O–H groups in total. The molecule has 0 saturated heterocycles. The van der Waals surface area contributed by atoms with Gasteiger partial charge in [0.05, 0.1) is 11.2 Å². The number of hydrogen-bond acceptors (Lipinski definition) is 3. The van der Waals surface area contributed by atoms with Gasteiger partial charge in [0.25, 0.3) is 0 Å². The molecule has 90 valence electrons. The van der Waals surface area contributed by atoms with Gasteiger partial charge in [-0.25, -0.2) is 17.2 Å². The molecule has 0 aliphatic heterocycles. The number of halogens is 2. The molecule has 0 unspecified atom stereocenters. The van der Waals surface area contributed by atoms with E-state index in [9.17, 15) is 22.3 Å². The molecule has 0 radical (unpaired) electrons. The Bertz CT molecular complexity index is 516. The first-order valence-corrected chi connectivity index (χ1v) is 6.35. The molecular formula is C10H12F2O3S. The third-order valence-corrected chi connectivity index (χ3v) is 3.18. The normalized spacial score (nSPS) is 12.9. The van der Waals surface area contributed by atoms with Crippen LogP contribution in [0.3, 0.4) is 0 Å². The van der Waals surface area contributed by atoms with Crippen LogP contribution < -0.4 is 0 Å². The highest BCUT2D eigenvalue weighted by atomic mass is 32.2. The largest absolute Gasteiger partial charge is 0.386 e. The summed E-state index contributed by atoms with van der Waals surface area (Å²) in [6, 6.07) is 1.67. The molecule has 1 aromatic rings. The predicted molar refractivity (Wildman–Crippen MR) is 54.7 cm³/mol. The highest BCUT2D eigenvalue weighted by Crippen LogP contribution is 2.29. The van der Waals surface area contributed by atoms with Crippen molar-refractivity contribution in [3.05, 3.63) is 29.3 Å². The van der Waals surface area contributed by atoms with E-state index < -0.39 is 37.5 Å². The van der Waals surface area contributed by atoms with Crippen LogP contribution in [0.2, 0.25) is 0 Å². The lowest BCUT2D eigenvalue weighted by atomic mass is 9.97. The summed E-state index contributed by atoms with van der Waals surface area (Å²) in [6.45, 7) is 2.36. The maximum absolute atomic E-state index is 13.7. The highest BCUT2D eigenvalue weighted by Gasteiger charge is 2.29. The zero-order valence-corrected chi connectivity index (χ0v) is 9.90. The van der Waals surface area contributed by atoms with E-state index in [-0.39, 0.29) is 0 Å². The number of hydrogen-bond donors (Lipinski definition) is 1. The van der Waals surface area contributed by atoms with Crippen LogP contribution in [0.1, 0.15) is 19.4 Å². The van der Waals surface area contributed by atoms with E-state index in [1.165, 1.54) is 13.8 Å². The number of sulfone groups is 1. The standard InChI is InChI=1S/C10H12F2O3S/c1-10(2,13)8-6(11)4-5-7(9(8)12)16(3,14)15/h4-5,13H,1-3H3. The minimum Gasteiger partial charge on any atom is -0.386 e. The number of benzene rings is 1. The third-order valence-electron chi connectivity index (χ3n) is 2.07. The van der Waals surface area contributed by atoms with Crippen LogP contribution in [0.25, 0.3) is 0 Å². The summed E-state index contributed by atoms with van der Waals surface area (Å²) in [5.74, 6) is -2.22. The molecule has 1 aromatic carbocycles. The Kier molecular flexibility index (Phi) is 3.08. The summed E-state index contributed by atoms with van der Waals surface area (Å²) in [7, 11) is -3.79. The van der Waals surface area contributed by atoms with Crippen molar-refractivity contribution < 1.29 is 22.3 Å². The number of rotatable bonds is 2. The lowest BCUT2D eigenvalue weighted by Crippen LogP contribution is -2.21. The van der Waals surface area contributed by atoms with E-state index >= 15 is 0 Å². The molecule has 0 heterocycles. The quantitative estimate of drug-likeness (QED) is 0.811. The van der Waals surface area contributed by atoms with E-state index in [0.29, 0.717) is 0 Å². The van der Waals surface area contributed by atoms with Gasteiger partial charge in [0.2, 0.25) is 0 Å². The summed E-state index contributed by atoms with van der Waals surface area (Å²) in [4.78, 5) is -0.619. The summed E-state index contributed by atoms with van der Waals surface area (Å²) in [5.41, 5.74) is -2.43. The Morgan fingerprint density at radius 3 is 2.12 bits per heavy atom. The molecule has 0 amide bonds. The van der Waals surface area contributed by atoms with E-state index in [1.807, 2.05) is 0 Å². The van der Waals surface area contributed by atoms with Crippen LogP contribution in [0.15, 0.2) is 17.0 Å². The smallest absolute Gasteiger partial charge is 0.178 e. The summed E-state index contributed by atoms with van der Waals surface area (Å²) in [5, 5.41) is 9.57. The Labute approximate surface area is 92.6 Å². The van der Waals surface area contributed by atoms with Crippen LogP contribution in [-0.4, -0.2) is 19.8 Å². The van der Waals surface area contributed by atoms with Crippen LogP contribution in [0.4, 0.5) is 8.78 Å². The van der Waals surface area contributed by atoms with Gasteiger partial charge in [-0.15, -0.1) is 0 Å². The van der Waals surface area contributed by atoms with Crippen LogP contribution in [0, 0.1) is 11.6 Å². The zero-order chi connectivity index (χ0) is 12.7. The van der Waals surface area contributed by atoms with Gasteiger partial charge in [0.15, 0.2) is 15.7 Å². The second-order valence-electron chi connectivity index (χ2n) is 4.07. The Hall–Kier alpha value is -1.01. The fourth-order valence-electron chi connectivity index (χ4n) is 1.38. The molecule has 0 aliphatic carbocycles. The summed E-state index contributed by atoms with van der Waals surface area (Å²) >= 11 is 0. The molecule has 16 heavy (non-hydrogen) atoms. The fourth-order valence-corrected chi connectivity index (χ4v) is 2.12. The Morgan fingerprint density at radius 1 is 1.25 bits per heavy atom. The van der Waals surface area contributed by atoms with Crippen LogP contribution in [0.5, 0.6) is 0 Å². The maximum atomic E-state index is 13.7. The van der Waals surface area contributed by atoms with Gasteiger partial charge < -0.3 is 5.11 Å². The monoisotopic (exact) mass is 250 g/mol. The number of aliphatic hydroxyl groups is 1.